The summed E-state index contributed by atoms with van der Waals surface area (Å²) in [7, 11) is 0.0632. The lowest BCUT2D eigenvalue weighted by atomic mass is 9.91. The molecule has 0 spiro atoms. The van der Waals surface area contributed by atoms with Crippen LogP contribution in [-0.4, -0.2) is 88.8 Å². The van der Waals surface area contributed by atoms with E-state index in [0.717, 1.165) is 94.1 Å². The van der Waals surface area contributed by atoms with E-state index < -0.39 is 15.9 Å². The molecular weight excluding hydrogens is 723 g/mol. The predicted molar refractivity (Wildman–Crippen MR) is 232 cm³/mol. The van der Waals surface area contributed by atoms with E-state index >= 15 is 0 Å². The van der Waals surface area contributed by atoms with E-state index in [1.807, 2.05) is 36.9 Å². The lowest BCUT2D eigenvalue weighted by molar-refractivity contribution is 0.0981. The molecule has 1 aliphatic heterocycles. The molecule has 0 aromatic heterocycles. The molecule has 1 unspecified atom stereocenters. The van der Waals surface area contributed by atoms with Crippen molar-refractivity contribution in [3.63, 3.8) is 0 Å². The molecule has 1 amide bonds. The third kappa shape index (κ3) is 11.0. The van der Waals surface area contributed by atoms with Crippen LogP contribution in [0.5, 0.6) is 0 Å². The first-order chi connectivity index (χ1) is 26.4. The van der Waals surface area contributed by atoms with Crippen LogP contribution >= 0.6 is 11.8 Å². The minimum Gasteiger partial charge on any atom is -0.379 e. The number of piperazine rings is 1. The van der Waals surface area contributed by atoms with Crippen LogP contribution in [0.3, 0.4) is 0 Å². The maximum absolute atomic E-state index is 13.4. The molecule has 3 aromatic carbocycles. The molecule has 8 nitrogen and oxygen atoms in total. The molecule has 2 N–H and O–H groups in total. The first-order valence-electron chi connectivity index (χ1n) is 19.5. The van der Waals surface area contributed by atoms with Gasteiger partial charge >= 0.3 is 0 Å². The summed E-state index contributed by atoms with van der Waals surface area (Å²) in [5.41, 5.74) is 8.12. The average molecular weight is 780 g/mol. The van der Waals surface area contributed by atoms with Crippen LogP contribution in [0.2, 0.25) is 0 Å². The Morgan fingerprint density at radius 1 is 0.873 bits per heavy atom. The SMILES string of the molecule is Cc1ccc(C2=CCCC=C2CN2CCN(c3ccc(C(=O)NS(=O)(=O)c4ccc(NC(C)(CCN(C)C)CSC5=CCCC=C5)c(C)c4)cc3)CC2)cc1. The smallest absolute Gasteiger partial charge is 0.264 e. The fourth-order valence-electron chi connectivity index (χ4n) is 7.23. The summed E-state index contributed by atoms with van der Waals surface area (Å²) in [5.74, 6) is 0.224. The van der Waals surface area contributed by atoms with E-state index in [0.29, 0.717) is 5.56 Å². The molecule has 1 fully saturated rings. The summed E-state index contributed by atoms with van der Waals surface area (Å²) in [6.45, 7) is 11.7. The number of allylic oxidation sites excluding steroid dienone is 5. The summed E-state index contributed by atoms with van der Waals surface area (Å²) in [6, 6.07) is 21.1. The number of hydrogen-bond donors (Lipinski definition) is 2. The zero-order chi connectivity index (χ0) is 39.0. The lowest BCUT2D eigenvalue weighted by Crippen LogP contribution is -2.47. The number of carbonyl (C=O) groups excluding carboxylic acids is 1. The molecular formula is C45H57N5O3S2. The minimum atomic E-state index is -4.09. The van der Waals surface area contributed by atoms with Crippen LogP contribution in [-0.2, 0) is 10.0 Å². The van der Waals surface area contributed by atoms with Gasteiger partial charge in [0.2, 0.25) is 0 Å². The summed E-state index contributed by atoms with van der Waals surface area (Å²) in [5, 5.41) is 3.73. The largest absolute Gasteiger partial charge is 0.379 e. The van der Waals surface area contributed by atoms with E-state index in [1.54, 1.807) is 24.3 Å². The molecule has 1 saturated heterocycles. The first-order valence-corrected chi connectivity index (χ1v) is 22.0. The van der Waals surface area contributed by atoms with Gasteiger partial charge in [-0.15, -0.1) is 11.8 Å². The number of benzene rings is 3. The van der Waals surface area contributed by atoms with Crippen molar-refractivity contribution < 1.29 is 13.2 Å². The highest BCUT2D eigenvalue weighted by molar-refractivity contribution is 8.03. The number of hydrogen-bond acceptors (Lipinski definition) is 8. The minimum absolute atomic E-state index is 0.0609. The van der Waals surface area contributed by atoms with Crippen molar-refractivity contribution in [2.75, 3.05) is 69.3 Å². The Morgan fingerprint density at radius 2 is 1.58 bits per heavy atom. The molecule has 1 heterocycles. The zero-order valence-corrected chi connectivity index (χ0v) is 34.7. The molecule has 55 heavy (non-hydrogen) atoms. The normalized spacial score (nSPS) is 17.6. The molecule has 0 saturated carbocycles. The number of nitrogens with zero attached hydrogens (tertiary/aromatic N) is 3. The highest BCUT2D eigenvalue weighted by Gasteiger charge is 2.27. The van der Waals surface area contributed by atoms with Crippen molar-refractivity contribution in [3.8, 4) is 0 Å². The average Bonchev–Trinajstić information content (AvgIpc) is 3.18. The van der Waals surface area contributed by atoms with E-state index in [9.17, 15) is 13.2 Å². The van der Waals surface area contributed by atoms with Gasteiger partial charge in [0.1, 0.15) is 0 Å². The molecule has 292 valence electrons. The maximum Gasteiger partial charge on any atom is 0.264 e. The lowest BCUT2D eigenvalue weighted by Gasteiger charge is -2.37. The molecule has 0 radical (unpaired) electrons. The number of nitrogens with one attached hydrogen (secondary N) is 2. The Labute approximate surface area is 333 Å². The Hall–Kier alpha value is -4.09. The third-order valence-electron chi connectivity index (χ3n) is 10.7. The second-order valence-electron chi connectivity index (χ2n) is 15.6. The summed E-state index contributed by atoms with van der Waals surface area (Å²) >= 11 is 1.85. The fourth-order valence-corrected chi connectivity index (χ4v) is 9.42. The Kier molecular flexibility index (Phi) is 13.5. The van der Waals surface area contributed by atoms with Crippen LogP contribution in [0.1, 0.15) is 66.1 Å². The van der Waals surface area contributed by atoms with Crippen molar-refractivity contribution in [1.82, 2.24) is 14.5 Å². The van der Waals surface area contributed by atoms with Gasteiger partial charge in [0.25, 0.3) is 15.9 Å². The predicted octanol–water partition coefficient (Wildman–Crippen LogP) is 8.44. The van der Waals surface area contributed by atoms with Crippen molar-refractivity contribution in [2.45, 2.75) is 63.3 Å². The number of sulfonamides is 1. The van der Waals surface area contributed by atoms with Crippen LogP contribution < -0.4 is 14.9 Å². The first kappa shape index (κ1) is 40.6. The van der Waals surface area contributed by atoms with Crippen molar-refractivity contribution in [1.29, 1.82) is 0 Å². The molecule has 6 rings (SSSR count). The van der Waals surface area contributed by atoms with Crippen LogP contribution in [0.15, 0.2) is 112 Å². The number of aryl methyl sites for hydroxylation is 2. The second kappa shape index (κ2) is 18.2. The summed E-state index contributed by atoms with van der Waals surface area (Å²) in [4.78, 5) is 21.6. The van der Waals surface area contributed by atoms with E-state index in [-0.39, 0.29) is 10.4 Å². The fraction of sp³-hybridized carbons (Fsp3) is 0.400. The van der Waals surface area contributed by atoms with E-state index in [1.165, 1.54) is 27.2 Å². The zero-order valence-electron chi connectivity index (χ0n) is 33.1. The van der Waals surface area contributed by atoms with Crippen molar-refractivity contribution in [3.05, 3.63) is 130 Å². The van der Waals surface area contributed by atoms with E-state index in [4.69, 9.17) is 0 Å². The van der Waals surface area contributed by atoms with E-state index in [2.05, 4.69) is 107 Å². The Morgan fingerprint density at radius 3 is 2.25 bits per heavy atom. The van der Waals surface area contributed by atoms with Gasteiger partial charge in [0.05, 0.1) is 4.90 Å². The third-order valence-corrected chi connectivity index (χ3v) is 13.4. The van der Waals surface area contributed by atoms with Crippen molar-refractivity contribution >= 4 is 44.6 Å². The van der Waals surface area contributed by atoms with Crippen LogP contribution in [0, 0.1) is 13.8 Å². The molecule has 1 atom stereocenters. The van der Waals surface area contributed by atoms with Gasteiger partial charge in [-0.3, -0.25) is 9.69 Å². The number of rotatable bonds is 15. The monoisotopic (exact) mass is 779 g/mol. The van der Waals surface area contributed by atoms with Gasteiger partial charge in [-0.1, -0.05) is 60.2 Å². The van der Waals surface area contributed by atoms with Gasteiger partial charge in [-0.2, -0.15) is 0 Å². The van der Waals surface area contributed by atoms with Gasteiger partial charge < -0.3 is 15.1 Å². The number of thioether (sulfide) groups is 1. The van der Waals surface area contributed by atoms with Crippen molar-refractivity contribution in [2.24, 2.45) is 0 Å². The maximum atomic E-state index is 13.4. The molecule has 2 aliphatic carbocycles. The van der Waals surface area contributed by atoms with Gasteiger partial charge in [0, 0.05) is 65.9 Å². The topological polar surface area (TPSA) is 85.0 Å². The standard InChI is InChI=1S/C45H57N5O3S2/c1-34-15-17-36(18-16-34)42-14-10-9-11-38(42)32-49-27-29-50(30-28-49)39-21-19-37(20-22-39)44(51)47-55(52,53)41-23-24-43(35(2)31-41)46-45(3,25-26-48(4)5)33-54-40-12-7-6-8-13-40/h7,11-24,31,46H,6,8-10,25-30,32-33H2,1-5H3,(H,47,51). The Bertz CT molecular complexity index is 2040. The van der Waals surface area contributed by atoms with Gasteiger partial charge in [-0.25, -0.2) is 13.1 Å². The van der Waals surface area contributed by atoms with Gasteiger partial charge in [-0.05, 0) is 138 Å². The highest BCUT2D eigenvalue weighted by Crippen LogP contribution is 2.32. The Balaban J connectivity index is 1.03. The molecule has 3 aliphatic rings. The molecule has 3 aromatic rings. The summed E-state index contributed by atoms with van der Waals surface area (Å²) in [6.07, 6.45) is 16.8. The summed E-state index contributed by atoms with van der Waals surface area (Å²) < 4.78 is 29.2. The number of carbonyl (C=O) groups is 1. The second-order valence-corrected chi connectivity index (χ2v) is 18.4. The molecule has 10 heteroatoms. The van der Waals surface area contributed by atoms with Crippen LogP contribution in [0.4, 0.5) is 11.4 Å². The van der Waals surface area contributed by atoms with Gasteiger partial charge in [0.15, 0.2) is 0 Å². The highest BCUT2D eigenvalue weighted by atomic mass is 32.2. The number of amides is 1. The quantitative estimate of drug-likeness (QED) is 0.159. The number of anilines is 2. The molecule has 0 bridgehead atoms. The van der Waals surface area contributed by atoms with Crippen LogP contribution in [0.25, 0.3) is 5.57 Å².